The lowest BCUT2D eigenvalue weighted by molar-refractivity contribution is -0.132. The van der Waals surface area contributed by atoms with Crippen molar-refractivity contribution < 1.29 is 23.2 Å². The van der Waals surface area contributed by atoms with Gasteiger partial charge in [-0.3, -0.25) is 4.79 Å². The zero-order chi connectivity index (χ0) is 19.9. The Balaban J connectivity index is 1.49. The zero-order valence-corrected chi connectivity index (χ0v) is 15.6. The maximum absolute atomic E-state index is 13.8. The first-order valence-electron chi connectivity index (χ1n) is 8.65. The third kappa shape index (κ3) is 4.85. The number of amides is 1. The van der Waals surface area contributed by atoms with Gasteiger partial charge in [0.15, 0.2) is 12.4 Å². The second-order valence-corrected chi connectivity index (χ2v) is 6.03. The largest absolute Gasteiger partial charge is 0.497 e. The number of carbonyl (C=O) groups is 1. The predicted molar refractivity (Wildman–Crippen MR) is 99.5 cm³/mol. The maximum Gasteiger partial charge on any atom is 0.260 e. The van der Waals surface area contributed by atoms with Gasteiger partial charge < -0.3 is 18.9 Å². The van der Waals surface area contributed by atoms with Crippen molar-refractivity contribution in [2.24, 2.45) is 0 Å². The summed E-state index contributed by atoms with van der Waals surface area (Å²) < 4.78 is 29.4. The fourth-order valence-electron chi connectivity index (χ4n) is 2.42. The Bertz CT molecular complexity index is 927. The number of hydrogen-bond donors (Lipinski definition) is 0. The van der Waals surface area contributed by atoms with Crippen molar-refractivity contribution >= 4 is 5.91 Å². The highest BCUT2D eigenvalue weighted by atomic mass is 19.1. The number of methoxy groups -OCH3 is 1. The molecule has 8 heteroatoms. The molecule has 7 nitrogen and oxygen atoms in total. The van der Waals surface area contributed by atoms with E-state index in [1.54, 1.807) is 56.6 Å². The molecule has 0 fully saturated rings. The van der Waals surface area contributed by atoms with Crippen molar-refractivity contribution in [1.82, 2.24) is 15.0 Å². The zero-order valence-electron chi connectivity index (χ0n) is 15.6. The lowest BCUT2D eigenvalue weighted by atomic mass is 10.2. The van der Waals surface area contributed by atoms with Gasteiger partial charge in [0.25, 0.3) is 11.8 Å². The SMILES string of the molecule is COc1ccc(OCC(=O)N(C)CCc2noc(-c3ccccc3F)n2)cc1. The molecule has 0 atom stereocenters. The number of aromatic nitrogens is 2. The van der Waals surface area contributed by atoms with E-state index in [2.05, 4.69) is 10.1 Å². The highest BCUT2D eigenvalue weighted by Gasteiger charge is 2.15. The minimum absolute atomic E-state index is 0.0877. The summed E-state index contributed by atoms with van der Waals surface area (Å²) in [5, 5.41) is 3.84. The Hall–Kier alpha value is -3.42. The lowest BCUT2D eigenvalue weighted by Crippen LogP contribution is -2.33. The fraction of sp³-hybridized carbons (Fsp3) is 0.250. The highest BCUT2D eigenvalue weighted by molar-refractivity contribution is 5.77. The van der Waals surface area contributed by atoms with Gasteiger partial charge in [0.2, 0.25) is 0 Å². The number of likely N-dealkylation sites (N-methyl/N-ethyl adjacent to an activating group) is 1. The van der Waals surface area contributed by atoms with E-state index >= 15 is 0 Å². The van der Waals surface area contributed by atoms with Crippen LogP contribution in [-0.4, -0.2) is 48.3 Å². The molecule has 0 saturated carbocycles. The third-order valence-corrected chi connectivity index (χ3v) is 4.09. The Labute approximate surface area is 161 Å². The summed E-state index contributed by atoms with van der Waals surface area (Å²) in [5.41, 5.74) is 0.249. The molecule has 3 aromatic rings. The Morgan fingerprint density at radius 1 is 1.14 bits per heavy atom. The average Bonchev–Trinajstić information content (AvgIpc) is 3.19. The molecule has 0 saturated heterocycles. The van der Waals surface area contributed by atoms with Gasteiger partial charge in [0.05, 0.1) is 12.7 Å². The van der Waals surface area contributed by atoms with Crippen LogP contribution in [0, 0.1) is 5.82 Å². The van der Waals surface area contributed by atoms with E-state index in [1.165, 1.54) is 11.0 Å². The molecular formula is C20H20FN3O4. The first kappa shape index (κ1) is 19.3. The van der Waals surface area contributed by atoms with Crippen LogP contribution in [-0.2, 0) is 11.2 Å². The van der Waals surface area contributed by atoms with Gasteiger partial charge in [-0.1, -0.05) is 17.3 Å². The standard InChI is InChI=1S/C20H20FN3O4/c1-24(19(25)13-27-15-9-7-14(26-2)8-10-15)12-11-18-22-20(28-23-18)16-5-3-4-6-17(16)21/h3-10H,11-13H2,1-2H3. The minimum Gasteiger partial charge on any atom is -0.497 e. The van der Waals surface area contributed by atoms with Crippen LogP contribution < -0.4 is 9.47 Å². The van der Waals surface area contributed by atoms with Crippen LogP contribution in [0.1, 0.15) is 5.82 Å². The van der Waals surface area contributed by atoms with Gasteiger partial charge >= 0.3 is 0 Å². The summed E-state index contributed by atoms with van der Waals surface area (Å²) in [6, 6.07) is 13.2. The van der Waals surface area contributed by atoms with Crippen LogP contribution in [0.25, 0.3) is 11.5 Å². The lowest BCUT2D eigenvalue weighted by Gasteiger charge is -2.16. The molecule has 2 aromatic carbocycles. The molecule has 0 aliphatic heterocycles. The number of ether oxygens (including phenoxy) is 2. The van der Waals surface area contributed by atoms with Gasteiger partial charge in [0, 0.05) is 20.0 Å². The smallest absolute Gasteiger partial charge is 0.260 e. The van der Waals surface area contributed by atoms with Gasteiger partial charge in [-0.15, -0.1) is 0 Å². The van der Waals surface area contributed by atoms with Crippen LogP contribution in [0.4, 0.5) is 4.39 Å². The molecule has 3 rings (SSSR count). The van der Waals surface area contributed by atoms with Crippen molar-refractivity contribution in [3.05, 3.63) is 60.2 Å². The van der Waals surface area contributed by atoms with E-state index in [-0.39, 0.29) is 24.0 Å². The van der Waals surface area contributed by atoms with Crippen LogP contribution in [0.3, 0.4) is 0 Å². The van der Waals surface area contributed by atoms with Gasteiger partial charge in [-0.05, 0) is 36.4 Å². The minimum atomic E-state index is -0.430. The summed E-state index contributed by atoms with van der Waals surface area (Å²) in [7, 11) is 3.24. The number of nitrogens with zero attached hydrogens (tertiary/aromatic N) is 3. The molecule has 28 heavy (non-hydrogen) atoms. The molecule has 0 unspecified atom stereocenters. The summed E-state index contributed by atoms with van der Waals surface area (Å²) in [4.78, 5) is 17.9. The fourth-order valence-corrected chi connectivity index (χ4v) is 2.42. The third-order valence-electron chi connectivity index (χ3n) is 4.09. The summed E-state index contributed by atoms with van der Waals surface area (Å²) in [6.07, 6.45) is 0.378. The van der Waals surface area contributed by atoms with Crippen LogP contribution >= 0.6 is 0 Å². The van der Waals surface area contributed by atoms with E-state index in [4.69, 9.17) is 14.0 Å². The molecule has 0 aliphatic rings. The molecule has 1 amide bonds. The Morgan fingerprint density at radius 3 is 2.57 bits per heavy atom. The topological polar surface area (TPSA) is 77.7 Å². The van der Waals surface area contributed by atoms with E-state index in [1.807, 2.05) is 0 Å². The van der Waals surface area contributed by atoms with Crippen molar-refractivity contribution in [2.75, 3.05) is 27.3 Å². The summed E-state index contributed by atoms with van der Waals surface area (Å²) >= 11 is 0. The number of benzene rings is 2. The molecule has 146 valence electrons. The van der Waals surface area contributed by atoms with E-state index in [0.29, 0.717) is 30.3 Å². The molecule has 0 N–H and O–H groups in total. The average molecular weight is 385 g/mol. The first-order chi connectivity index (χ1) is 13.6. The van der Waals surface area contributed by atoms with Gasteiger partial charge in [-0.2, -0.15) is 4.98 Å². The van der Waals surface area contributed by atoms with E-state index in [0.717, 1.165) is 0 Å². The summed E-state index contributed by atoms with van der Waals surface area (Å²) in [5.74, 6) is 1.19. The molecule has 0 spiro atoms. The van der Waals surface area contributed by atoms with Gasteiger partial charge in [-0.25, -0.2) is 4.39 Å². The Morgan fingerprint density at radius 2 is 1.86 bits per heavy atom. The van der Waals surface area contributed by atoms with Crippen LogP contribution in [0.5, 0.6) is 11.5 Å². The monoisotopic (exact) mass is 385 g/mol. The number of rotatable bonds is 8. The highest BCUT2D eigenvalue weighted by Crippen LogP contribution is 2.20. The number of halogens is 1. The van der Waals surface area contributed by atoms with E-state index in [9.17, 15) is 9.18 Å². The Kier molecular flexibility index (Phi) is 6.21. The maximum atomic E-state index is 13.8. The molecule has 1 heterocycles. The van der Waals surface area contributed by atoms with Crippen molar-refractivity contribution in [3.8, 4) is 23.0 Å². The second kappa shape index (κ2) is 8.98. The van der Waals surface area contributed by atoms with E-state index < -0.39 is 5.82 Å². The normalized spacial score (nSPS) is 10.5. The van der Waals surface area contributed by atoms with Gasteiger partial charge in [0.1, 0.15) is 17.3 Å². The number of hydrogen-bond acceptors (Lipinski definition) is 6. The van der Waals surface area contributed by atoms with Crippen molar-refractivity contribution in [3.63, 3.8) is 0 Å². The summed E-state index contributed by atoms with van der Waals surface area (Å²) in [6.45, 7) is 0.288. The van der Waals surface area contributed by atoms with Crippen LogP contribution in [0.2, 0.25) is 0 Å². The quantitative estimate of drug-likeness (QED) is 0.593. The van der Waals surface area contributed by atoms with Crippen molar-refractivity contribution in [2.45, 2.75) is 6.42 Å². The molecule has 0 radical (unpaired) electrons. The van der Waals surface area contributed by atoms with Crippen molar-refractivity contribution in [1.29, 1.82) is 0 Å². The molecule has 0 bridgehead atoms. The number of carbonyl (C=O) groups excluding carboxylic acids is 1. The van der Waals surface area contributed by atoms with Crippen LogP contribution in [0.15, 0.2) is 53.1 Å². The molecule has 1 aromatic heterocycles. The second-order valence-electron chi connectivity index (χ2n) is 6.03. The first-order valence-corrected chi connectivity index (χ1v) is 8.65. The molecular weight excluding hydrogens is 365 g/mol. The predicted octanol–water partition coefficient (Wildman–Crippen LogP) is 2.96. The molecule has 0 aliphatic carbocycles.